The Morgan fingerprint density at radius 1 is 1.21 bits per heavy atom. The van der Waals surface area contributed by atoms with Gasteiger partial charge in [0.05, 0.1) is 18.8 Å². The van der Waals surface area contributed by atoms with Gasteiger partial charge in [-0.3, -0.25) is 0 Å². The Bertz CT molecular complexity index is 1330. The van der Waals surface area contributed by atoms with E-state index in [0.717, 1.165) is 18.6 Å². The Morgan fingerprint density at radius 2 is 2.06 bits per heavy atom. The van der Waals surface area contributed by atoms with Crippen molar-refractivity contribution in [2.75, 3.05) is 24.6 Å². The van der Waals surface area contributed by atoms with Gasteiger partial charge in [0, 0.05) is 30.4 Å². The summed E-state index contributed by atoms with van der Waals surface area (Å²) in [4.78, 5) is 18.1. The summed E-state index contributed by atoms with van der Waals surface area (Å²) in [5.41, 5.74) is 1.17. The summed E-state index contributed by atoms with van der Waals surface area (Å²) in [6.07, 6.45) is 3.65. The topological polar surface area (TPSA) is 109 Å². The molecular formula is C20H20F2N6O4S. The van der Waals surface area contributed by atoms with Crippen molar-refractivity contribution in [2.24, 2.45) is 0 Å². The van der Waals surface area contributed by atoms with Crippen LogP contribution in [0.5, 0.6) is 0 Å². The Kier molecular flexibility index (Phi) is 5.37. The van der Waals surface area contributed by atoms with Gasteiger partial charge in [-0.25, -0.2) is 23.1 Å². The highest BCUT2D eigenvalue weighted by atomic mass is 32.2. The first-order valence-electron chi connectivity index (χ1n) is 10.3. The lowest BCUT2D eigenvalue weighted by Gasteiger charge is -2.26. The molecule has 1 amide bonds. The largest absolute Gasteiger partial charge is 0.447 e. The molecule has 1 N–H and O–H groups in total. The number of anilines is 1. The summed E-state index contributed by atoms with van der Waals surface area (Å²) in [5, 5.41) is 4.19. The fraction of sp³-hybridized carbons (Fsp3) is 0.350. The molecule has 0 bridgehead atoms. The van der Waals surface area contributed by atoms with Crippen LogP contribution in [0.15, 0.2) is 36.7 Å². The number of hydrogen-bond donors (Lipinski definition) is 1. The van der Waals surface area contributed by atoms with E-state index in [9.17, 15) is 22.0 Å². The van der Waals surface area contributed by atoms with Gasteiger partial charge >= 0.3 is 16.3 Å². The molecule has 5 rings (SSSR count). The van der Waals surface area contributed by atoms with Gasteiger partial charge in [0.1, 0.15) is 24.1 Å². The van der Waals surface area contributed by atoms with E-state index < -0.39 is 27.9 Å². The Morgan fingerprint density at radius 3 is 2.85 bits per heavy atom. The Balaban J connectivity index is 1.41. The van der Waals surface area contributed by atoms with Crippen LogP contribution in [0, 0.1) is 11.6 Å². The van der Waals surface area contributed by atoms with Crippen LogP contribution < -0.4 is 9.62 Å². The zero-order valence-corrected chi connectivity index (χ0v) is 18.1. The third-order valence-electron chi connectivity index (χ3n) is 5.75. The number of ether oxygens (including phenoxy) is 1. The first kappa shape index (κ1) is 21.5. The second kappa shape index (κ2) is 8.23. The van der Waals surface area contributed by atoms with E-state index in [-0.39, 0.29) is 31.3 Å². The number of nitrogens with zero attached hydrogens (tertiary/aromatic N) is 5. The molecule has 0 spiro atoms. The molecule has 0 unspecified atom stereocenters. The van der Waals surface area contributed by atoms with Gasteiger partial charge in [-0.05, 0) is 37.1 Å². The number of nitrogens with one attached hydrogen (secondary N) is 1. The van der Waals surface area contributed by atoms with Gasteiger partial charge in [0.15, 0.2) is 5.65 Å². The monoisotopic (exact) mass is 478 g/mol. The van der Waals surface area contributed by atoms with Crippen molar-refractivity contribution in [3.8, 4) is 0 Å². The molecule has 174 valence electrons. The third kappa shape index (κ3) is 3.97. The molecule has 1 aromatic carbocycles. The van der Waals surface area contributed by atoms with Crippen molar-refractivity contribution in [2.45, 2.75) is 25.4 Å². The predicted octanol–water partition coefficient (Wildman–Crippen LogP) is 2.14. The normalized spacial score (nSPS) is 19.0. The number of halogens is 2. The van der Waals surface area contributed by atoms with Crippen molar-refractivity contribution in [1.29, 1.82) is 0 Å². The van der Waals surface area contributed by atoms with E-state index in [4.69, 9.17) is 0 Å². The highest BCUT2D eigenvalue weighted by Crippen LogP contribution is 2.36. The number of benzene rings is 1. The second-order valence-electron chi connectivity index (χ2n) is 7.75. The minimum Gasteiger partial charge on any atom is -0.447 e. The predicted molar refractivity (Wildman–Crippen MR) is 112 cm³/mol. The van der Waals surface area contributed by atoms with Crippen molar-refractivity contribution in [3.05, 3.63) is 59.4 Å². The quantitative estimate of drug-likeness (QED) is 0.578. The third-order valence-corrected chi connectivity index (χ3v) is 7.17. The lowest BCUT2D eigenvalue weighted by molar-refractivity contribution is 0.169. The summed E-state index contributed by atoms with van der Waals surface area (Å²) in [6.45, 7) is 0.410. The number of rotatable bonds is 6. The molecule has 0 radical (unpaired) electrons. The summed E-state index contributed by atoms with van der Waals surface area (Å²) in [6, 6.07) is 4.77. The average molecular weight is 478 g/mol. The lowest BCUT2D eigenvalue weighted by atomic mass is 10.0. The number of hydrogen-bond acceptors (Lipinski definition) is 7. The van der Waals surface area contributed by atoms with E-state index in [2.05, 4.69) is 19.5 Å². The van der Waals surface area contributed by atoms with Gasteiger partial charge in [-0.1, -0.05) is 0 Å². The lowest BCUT2D eigenvalue weighted by Crippen LogP contribution is -2.40. The van der Waals surface area contributed by atoms with Gasteiger partial charge in [-0.2, -0.15) is 22.5 Å². The summed E-state index contributed by atoms with van der Waals surface area (Å²) < 4.78 is 62.1. The van der Waals surface area contributed by atoms with Crippen LogP contribution in [0.3, 0.4) is 0 Å². The molecule has 33 heavy (non-hydrogen) atoms. The minimum atomic E-state index is -4.08. The van der Waals surface area contributed by atoms with Gasteiger partial charge < -0.3 is 9.64 Å². The smallest absolute Gasteiger partial charge is 0.424 e. The van der Waals surface area contributed by atoms with Crippen molar-refractivity contribution in [1.82, 2.24) is 23.6 Å². The SMILES string of the molecule is O=C1OCCN1S(=O)(=O)NCc1cnn2ccc(N3CCC[C@@H]3c3cc(F)ccc3F)nc12. The van der Waals surface area contributed by atoms with E-state index in [1.807, 2.05) is 4.90 Å². The molecule has 4 heterocycles. The van der Waals surface area contributed by atoms with Crippen LogP contribution in [-0.2, 0) is 21.5 Å². The molecule has 2 aliphatic rings. The van der Waals surface area contributed by atoms with Gasteiger partial charge in [0.2, 0.25) is 0 Å². The Hall–Kier alpha value is -3.32. The first-order chi connectivity index (χ1) is 15.8. The molecule has 2 saturated heterocycles. The van der Waals surface area contributed by atoms with Crippen LogP contribution in [0.1, 0.15) is 30.0 Å². The number of cyclic esters (lactones) is 1. The maximum atomic E-state index is 14.4. The van der Waals surface area contributed by atoms with Crippen LogP contribution in [0.4, 0.5) is 19.4 Å². The molecule has 1 atom stereocenters. The second-order valence-corrected chi connectivity index (χ2v) is 9.43. The van der Waals surface area contributed by atoms with Crippen LogP contribution in [0.25, 0.3) is 5.65 Å². The molecule has 2 aliphatic heterocycles. The highest BCUT2D eigenvalue weighted by Gasteiger charge is 2.33. The number of fused-ring (bicyclic) bond motifs is 1. The van der Waals surface area contributed by atoms with Gasteiger partial charge in [0.25, 0.3) is 0 Å². The minimum absolute atomic E-state index is 0.00425. The fourth-order valence-electron chi connectivity index (χ4n) is 4.17. The van der Waals surface area contributed by atoms with E-state index >= 15 is 0 Å². The molecule has 3 aromatic rings. The van der Waals surface area contributed by atoms with Crippen LogP contribution >= 0.6 is 0 Å². The maximum Gasteiger partial charge on any atom is 0.424 e. The summed E-state index contributed by atoms with van der Waals surface area (Å²) in [7, 11) is -4.08. The molecular weight excluding hydrogens is 458 g/mol. The van der Waals surface area contributed by atoms with Crippen molar-refractivity contribution < 1.29 is 26.7 Å². The number of carbonyl (C=O) groups is 1. The summed E-state index contributed by atoms with van der Waals surface area (Å²) in [5.74, 6) is -0.440. The first-order valence-corrected chi connectivity index (χ1v) is 11.8. The fourth-order valence-corrected chi connectivity index (χ4v) is 5.23. The molecule has 0 aliphatic carbocycles. The molecule has 0 saturated carbocycles. The molecule has 13 heteroatoms. The Labute approximate surface area is 187 Å². The molecule has 2 fully saturated rings. The summed E-state index contributed by atoms with van der Waals surface area (Å²) >= 11 is 0. The highest BCUT2D eigenvalue weighted by molar-refractivity contribution is 7.87. The van der Waals surface area contributed by atoms with Gasteiger partial charge in [-0.15, -0.1) is 0 Å². The standard InChI is InChI=1S/C20H20F2N6O4S/c21-14-3-4-16(22)15(10-14)17-2-1-6-26(17)18-5-7-27-19(25-18)13(11-23-27)12-24-33(30,31)28-8-9-32-20(28)29/h3-5,7,10-11,17,24H,1-2,6,8-9,12H2/t17-/m1/s1. The zero-order valence-electron chi connectivity index (χ0n) is 17.3. The number of carbonyl (C=O) groups excluding carboxylic acids is 1. The van der Waals surface area contributed by atoms with E-state index in [1.54, 1.807) is 12.3 Å². The van der Waals surface area contributed by atoms with Crippen molar-refractivity contribution >= 4 is 27.8 Å². The maximum absolute atomic E-state index is 14.4. The van der Waals surface area contributed by atoms with Crippen molar-refractivity contribution in [3.63, 3.8) is 0 Å². The molecule has 2 aromatic heterocycles. The molecule has 10 nitrogen and oxygen atoms in total. The van der Waals surface area contributed by atoms with E-state index in [0.29, 0.717) is 34.3 Å². The number of amides is 1. The average Bonchev–Trinajstić information content (AvgIpc) is 3.53. The zero-order chi connectivity index (χ0) is 23.2. The van der Waals surface area contributed by atoms with Crippen LogP contribution in [0.2, 0.25) is 0 Å². The van der Waals surface area contributed by atoms with E-state index in [1.165, 1.54) is 16.8 Å². The van der Waals surface area contributed by atoms with Crippen LogP contribution in [-0.4, -0.2) is 53.1 Å². The number of aromatic nitrogens is 3.